The van der Waals surface area contributed by atoms with Crippen LogP contribution in [0, 0.1) is 0 Å². The van der Waals surface area contributed by atoms with Crippen molar-refractivity contribution in [2.45, 2.75) is 6.92 Å². The van der Waals surface area contributed by atoms with Gasteiger partial charge in [-0.25, -0.2) is 19.7 Å². The fourth-order valence-corrected chi connectivity index (χ4v) is 3.88. The van der Waals surface area contributed by atoms with Crippen LogP contribution in [-0.2, 0) is 4.74 Å². The average molecular weight is 469 g/mol. The minimum atomic E-state index is -0.380. The van der Waals surface area contributed by atoms with E-state index in [0.29, 0.717) is 41.6 Å². The van der Waals surface area contributed by atoms with E-state index in [1.54, 1.807) is 42.6 Å². The molecule has 1 fully saturated rings. The molecule has 5 rings (SSSR count). The van der Waals surface area contributed by atoms with Crippen LogP contribution >= 0.6 is 0 Å². The Kier molecular flexibility index (Phi) is 6.32. The Hall–Kier alpha value is -4.37. The fraction of sp³-hybridized carbons (Fsp3) is 0.192. The summed E-state index contributed by atoms with van der Waals surface area (Å²) in [4.78, 5) is 39.9. The van der Waals surface area contributed by atoms with Gasteiger partial charge in [0.2, 0.25) is 0 Å². The standard InChI is InChI=1S/C26H24N6O3/c1-17(33)18-4-8-20(9-5-18)28-26(34)29-21-10-6-19(7-11-21)23-30-24-22(3-2-12-27-24)25(31-23)32-13-15-35-16-14-32/h2-12H,13-16H2,1H3,(H2,28,29,34). The van der Waals surface area contributed by atoms with Crippen LogP contribution in [0.5, 0.6) is 0 Å². The minimum Gasteiger partial charge on any atom is -0.378 e. The second kappa shape index (κ2) is 9.86. The van der Waals surface area contributed by atoms with Gasteiger partial charge >= 0.3 is 6.03 Å². The number of amides is 2. The van der Waals surface area contributed by atoms with Crippen molar-refractivity contribution in [3.63, 3.8) is 0 Å². The van der Waals surface area contributed by atoms with Gasteiger partial charge in [0.25, 0.3) is 0 Å². The summed E-state index contributed by atoms with van der Waals surface area (Å²) in [7, 11) is 0. The summed E-state index contributed by atoms with van der Waals surface area (Å²) in [6.45, 7) is 4.34. The van der Waals surface area contributed by atoms with Crippen LogP contribution in [0.25, 0.3) is 22.4 Å². The Balaban J connectivity index is 1.33. The zero-order valence-electron chi connectivity index (χ0n) is 19.2. The lowest BCUT2D eigenvalue weighted by Crippen LogP contribution is -2.37. The van der Waals surface area contributed by atoms with Crippen molar-refractivity contribution in [1.82, 2.24) is 15.0 Å². The van der Waals surface area contributed by atoms with Crippen LogP contribution in [0.1, 0.15) is 17.3 Å². The number of nitrogens with zero attached hydrogens (tertiary/aromatic N) is 4. The van der Waals surface area contributed by atoms with Crippen molar-refractivity contribution >= 4 is 40.0 Å². The highest BCUT2D eigenvalue weighted by Gasteiger charge is 2.18. The molecular weight excluding hydrogens is 444 g/mol. The summed E-state index contributed by atoms with van der Waals surface area (Å²) in [6, 6.07) is 17.6. The number of anilines is 3. The van der Waals surface area contributed by atoms with Crippen molar-refractivity contribution < 1.29 is 14.3 Å². The third kappa shape index (κ3) is 5.10. The SMILES string of the molecule is CC(=O)c1ccc(NC(=O)Nc2ccc(-c3nc(N4CCOCC4)c4cccnc4n3)cc2)cc1. The number of aromatic nitrogens is 3. The number of fused-ring (bicyclic) bond motifs is 1. The second-order valence-electron chi connectivity index (χ2n) is 8.13. The van der Waals surface area contributed by atoms with Gasteiger partial charge in [-0.15, -0.1) is 0 Å². The van der Waals surface area contributed by atoms with Crippen LogP contribution in [0.15, 0.2) is 66.9 Å². The number of morpholine rings is 1. The summed E-state index contributed by atoms with van der Waals surface area (Å²) in [5.41, 5.74) is 3.26. The van der Waals surface area contributed by atoms with Crippen LogP contribution < -0.4 is 15.5 Å². The highest BCUT2D eigenvalue weighted by Crippen LogP contribution is 2.27. The maximum Gasteiger partial charge on any atom is 0.323 e. The van der Waals surface area contributed by atoms with Crippen molar-refractivity contribution in [3.05, 3.63) is 72.4 Å². The molecule has 1 aliphatic heterocycles. The highest BCUT2D eigenvalue weighted by molar-refractivity contribution is 6.00. The first-order valence-electron chi connectivity index (χ1n) is 11.3. The number of pyridine rings is 1. The summed E-state index contributed by atoms with van der Waals surface area (Å²) >= 11 is 0. The number of hydrogen-bond acceptors (Lipinski definition) is 7. The van der Waals surface area contributed by atoms with E-state index in [2.05, 4.69) is 25.5 Å². The van der Waals surface area contributed by atoms with Crippen molar-refractivity contribution in [1.29, 1.82) is 0 Å². The summed E-state index contributed by atoms with van der Waals surface area (Å²) in [5.74, 6) is 1.39. The fourth-order valence-electron chi connectivity index (χ4n) is 3.88. The molecule has 1 saturated heterocycles. The summed E-state index contributed by atoms with van der Waals surface area (Å²) < 4.78 is 5.49. The molecule has 0 aliphatic carbocycles. The van der Waals surface area contributed by atoms with Crippen LogP contribution in [-0.4, -0.2) is 53.1 Å². The van der Waals surface area contributed by atoms with E-state index >= 15 is 0 Å². The van der Waals surface area contributed by atoms with E-state index in [-0.39, 0.29) is 11.8 Å². The molecule has 1 aliphatic rings. The zero-order chi connectivity index (χ0) is 24.2. The predicted octanol–water partition coefficient (Wildman–Crippen LogP) is 4.38. The molecule has 0 spiro atoms. The predicted molar refractivity (Wildman–Crippen MR) is 135 cm³/mol. The lowest BCUT2D eigenvalue weighted by atomic mass is 10.1. The third-order valence-electron chi connectivity index (χ3n) is 5.71. The molecule has 35 heavy (non-hydrogen) atoms. The van der Waals surface area contributed by atoms with E-state index < -0.39 is 0 Å². The molecule has 9 nitrogen and oxygen atoms in total. The summed E-state index contributed by atoms with van der Waals surface area (Å²) in [6.07, 6.45) is 1.72. The average Bonchev–Trinajstić information content (AvgIpc) is 2.89. The molecule has 3 heterocycles. The van der Waals surface area contributed by atoms with E-state index in [0.717, 1.165) is 29.9 Å². The molecule has 0 radical (unpaired) electrons. The molecule has 2 aromatic heterocycles. The number of benzene rings is 2. The van der Waals surface area contributed by atoms with Gasteiger partial charge in [0.1, 0.15) is 5.82 Å². The number of Topliss-reactive ketones (excluding diaryl/α,β-unsaturated/α-hetero) is 1. The largest absolute Gasteiger partial charge is 0.378 e. The second-order valence-corrected chi connectivity index (χ2v) is 8.13. The number of urea groups is 1. The number of ether oxygens (including phenoxy) is 1. The lowest BCUT2D eigenvalue weighted by Gasteiger charge is -2.28. The number of carbonyl (C=O) groups excluding carboxylic acids is 2. The normalized spacial score (nSPS) is 13.5. The first-order chi connectivity index (χ1) is 17.1. The Bertz CT molecular complexity index is 1370. The smallest absolute Gasteiger partial charge is 0.323 e. The molecular formula is C26H24N6O3. The van der Waals surface area contributed by atoms with Gasteiger partial charge in [0, 0.05) is 41.8 Å². The quantitative estimate of drug-likeness (QED) is 0.419. The highest BCUT2D eigenvalue weighted by atomic mass is 16.5. The van der Waals surface area contributed by atoms with Crippen LogP contribution in [0.4, 0.5) is 22.0 Å². The maximum atomic E-state index is 12.4. The Morgan fingerprint density at radius 2 is 1.54 bits per heavy atom. The number of ketones is 1. The van der Waals surface area contributed by atoms with Crippen molar-refractivity contribution in [3.8, 4) is 11.4 Å². The zero-order valence-corrected chi connectivity index (χ0v) is 19.2. The Labute approximate surface area is 202 Å². The van der Waals surface area contributed by atoms with Gasteiger partial charge < -0.3 is 20.3 Å². The van der Waals surface area contributed by atoms with E-state index in [1.165, 1.54) is 6.92 Å². The van der Waals surface area contributed by atoms with Gasteiger partial charge in [-0.1, -0.05) is 0 Å². The van der Waals surface area contributed by atoms with Gasteiger partial charge in [0.15, 0.2) is 17.3 Å². The number of carbonyl (C=O) groups is 2. The molecule has 0 bridgehead atoms. The molecule has 2 amide bonds. The van der Waals surface area contributed by atoms with Crippen molar-refractivity contribution in [2.75, 3.05) is 41.8 Å². The molecule has 2 aromatic carbocycles. The van der Waals surface area contributed by atoms with E-state index in [4.69, 9.17) is 9.72 Å². The summed E-state index contributed by atoms with van der Waals surface area (Å²) in [5, 5.41) is 6.47. The van der Waals surface area contributed by atoms with Gasteiger partial charge in [-0.3, -0.25) is 4.79 Å². The minimum absolute atomic E-state index is 0.0238. The Morgan fingerprint density at radius 1 is 0.886 bits per heavy atom. The van der Waals surface area contributed by atoms with Crippen LogP contribution in [0.2, 0.25) is 0 Å². The molecule has 4 aromatic rings. The maximum absolute atomic E-state index is 12.4. The van der Waals surface area contributed by atoms with E-state index in [1.807, 2.05) is 24.3 Å². The van der Waals surface area contributed by atoms with Gasteiger partial charge in [0.05, 0.1) is 18.6 Å². The monoisotopic (exact) mass is 468 g/mol. The number of nitrogens with one attached hydrogen (secondary N) is 2. The third-order valence-corrected chi connectivity index (χ3v) is 5.71. The molecule has 176 valence electrons. The molecule has 9 heteroatoms. The molecule has 0 atom stereocenters. The number of hydrogen-bond donors (Lipinski definition) is 2. The molecule has 2 N–H and O–H groups in total. The molecule has 0 saturated carbocycles. The first kappa shape index (κ1) is 22.4. The van der Waals surface area contributed by atoms with Gasteiger partial charge in [-0.05, 0) is 67.6 Å². The van der Waals surface area contributed by atoms with Crippen LogP contribution in [0.3, 0.4) is 0 Å². The first-order valence-corrected chi connectivity index (χ1v) is 11.3. The number of rotatable bonds is 5. The van der Waals surface area contributed by atoms with Crippen molar-refractivity contribution in [2.24, 2.45) is 0 Å². The van der Waals surface area contributed by atoms with E-state index in [9.17, 15) is 9.59 Å². The Morgan fingerprint density at radius 3 is 2.20 bits per heavy atom. The molecule has 0 unspecified atom stereocenters. The lowest BCUT2D eigenvalue weighted by molar-refractivity contribution is 0.101. The van der Waals surface area contributed by atoms with Gasteiger partial charge in [-0.2, -0.15) is 0 Å². The topological polar surface area (TPSA) is 109 Å².